The fourth-order valence-corrected chi connectivity index (χ4v) is 9.92. The minimum atomic E-state index is -0.971. The third-order valence-electron chi connectivity index (χ3n) is 12.0. The predicted octanol–water partition coefficient (Wildman–Crippen LogP) is 6.05. The van der Waals surface area contributed by atoms with Crippen molar-refractivity contribution in [1.82, 2.24) is 40.8 Å². The molecule has 68 heavy (non-hydrogen) atoms. The lowest BCUT2D eigenvalue weighted by Gasteiger charge is -2.30. The van der Waals surface area contributed by atoms with E-state index in [1.165, 1.54) is 4.90 Å². The van der Waals surface area contributed by atoms with E-state index >= 15 is 0 Å². The monoisotopic (exact) mass is 989 g/mol. The van der Waals surface area contributed by atoms with E-state index in [-0.39, 0.29) is 89.0 Å². The van der Waals surface area contributed by atoms with Crippen molar-refractivity contribution < 1.29 is 38.3 Å². The van der Waals surface area contributed by atoms with E-state index in [2.05, 4.69) is 45.2 Å². The zero-order valence-corrected chi connectivity index (χ0v) is 41.2. The molecule has 5 heterocycles. The fraction of sp³-hybridized carbons (Fsp3) is 0.458. The Bertz CT molecular complexity index is 2610. The van der Waals surface area contributed by atoms with Crippen LogP contribution in [0.3, 0.4) is 0 Å². The summed E-state index contributed by atoms with van der Waals surface area (Å²) in [5, 5.41) is 34.2. The van der Waals surface area contributed by atoms with Gasteiger partial charge in [0, 0.05) is 58.2 Å². The smallest absolute Gasteiger partial charge is 0.243 e. The molecular formula is C48H57Cl2N9O8S. The Labute approximate surface area is 409 Å². The van der Waals surface area contributed by atoms with Gasteiger partial charge in [-0.1, -0.05) is 66.5 Å². The Balaban J connectivity index is 0.849. The molecule has 1 saturated heterocycles. The average molecular weight is 991 g/mol. The number of fused-ring (bicyclic) bond motifs is 3. The van der Waals surface area contributed by atoms with Gasteiger partial charge in [-0.15, -0.1) is 21.5 Å². The van der Waals surface area contributed by atoms with Crippen LogP contribution < -0.4 is 16.0 Å². The first-order valence-corrected chi connectivity index (χ1v) is 24.2. The lowest BCUT2D eigenvalue weighted by molar-refractivity contribution is -0.141. The number of thiophene rings is 1. The molecule has 0 spiro atoms. The predicted molar refractivity (Wildman–Crippen MR) is 257 cm³/mol. The van der Waals surface area contributed by atoms with Gasteiger partial charge in [0.15, 0.2) is 5.82 Å². The SMILES string of the molecule is Cc1cc([C@H](C(=O)N2C[C@H](O)C[C@H]2C(=O)N[C@@H](CC(=O)NCCOCCOCCNC(=O)C[C@@H]2N=C(c3ccc(Cl)cc3)c3c(sc(C)c3C)-n3c(C)nnc32)c2ccc(Cl)cc2)C(C)C)on1. The highest BCUT2D eigenvalue weighted by atomic mass is 35.5. The maximum Gasteiger partial charge on any atom is 0.243 e. The van der Waals surface area contributed by atoms with Gasteiger partial charge in [0.25, 0.3) is 0 Å². The average Bonchev–Trinajstić information content (AvgIpc) is 4.06. The van der Waals surface area contributed by atoms with E-state index in [9.17, 15) is 24.3 Å². The number of hydrogen-bond acceptors (Lipinski definition) is 13. The molecule has 17 nitrogen and oxygen atoms in total. The number of aliphatic hydroxyl groups is 1. The Morgan fingerprint density at radius 3 is 2.18 bits per heavy atom. The van der Waals surface area contributed by atoms with Crippen molar-refractivity contribution in [2.45, 2.75) is 91.0 Å². The number of carbonyl (C=O) groups excluding carboxylic acids is 4. The van der Waals surface area contributed by atoms with E-state index in [1.807, 2.05) is 49.6 Å². The maximum absolute atomic E-state index is 13.9. The third-order valence-corrected chi connectivity index (χ3v) is 13.7. The molecular weight excluding hydrogens is 934 g/mol. The minimum Gasteiger partial charge on any atom is -0.391 e. The minimum absolute atomic E-state index is 0.0199. The van der Waals surface area contributed by atoms with Gasteiger partial charge in [-0.05, 0) is 69.0 Å². The van der Waals surface area contributed by atoms with E-state index < -0.39 is 36.1 Å². The lowest BCUT2D eigenvalue weighted by atomic mass is 9.91. The number of aryl methyl sites for hydroxylation is 3. The van der Waals surface area contributed by atoms with Crippen LogP contribution in [-0.2, 0) is 28.7 Å². The maximum atomic E-state index is 13.9. The number of aromatic nitrogens is 4. The number of aliphatic hydroxyl groups excluding tert-OH is 1. The van der Waals surface area contributed by atoms with Crippen LogP contribution in [0.4, 0.5) is 0 Å². The Morgan fingerprint density at radius 1 is 0.897 bits per heavy atom. The van der Waals surface area contributed by atoms with Crippen molar-refractivity contribution in [3.63, 3.8) is 0 Å². The molecule has 5 aromatic rings. The van der Waals surface area contributed by atoms with E-state index in [0.29, 0.717) is 38.7 Å². The summed E-state index contributed by atoms with van der Waals surface area (Å²) >= 11 is 14.0. The second-order valence-electron chi connectivity index (χ2n) is 17.3. The van der Waals surface area contributed by atoms with Crippen LogP contribution in [0.25, 0.3) is 5.00 Å². The number of nitrogens with zero attached hydrogens (tertiary/aromatic N) is 6. The summed E-state index contributed by atoms with van der Waals surface area (Å²) in [7, 11) is 0. The number of rotatable bonds is 20. The zero-order valence-electron chi connectivity index (χ0n) is 38.9. The van der Waals surface area contributed by atoms with Crippen LogP contribution in [0.5, 0.6) is 0 Å². The summed E-state index contributed by atoms with van der Waals surface area (Å²) in [6.45, 7) is 13.0. The quantitative estimate of drug-likeness (QED) is 0.0659. The topological polar surface area (TPSA) is 215 Å². The van der Waals surface area contributed by atoms with Crippen molar-refractivity contribution in [1.29, 1.82) is 0 Å². The van der Waals surface area contributed by atoms with Crippen LogP contribution in [0, 0.1) is 33.6 Å². The molecule has 2 aliphatic rings. The summed E-state index contributed by atoms with van der Waals surface area (Å²) in [5.41, 5.74) is 5.03. The third kappa shape index (κ3) is 12.0. The summed E-state index contributed by atoms with van der Waals surface area (Å²) in [6.07, 6.45) is -0.922. The Kier molecular flexibility index (Phi) is 16.8. The molecule has 7 rings (SSSR count). The number of aliphatic imine (C=N–C) groups is 1. The van der Waals surface area contributed by atoms with E-state index in [0.717, 1.165) is 32.3 Å². The van der Waals surface area contributed by atoms with Crippen LogP contribution >= 0.6 is 34.5 Å². The second-order valence-corrected chi connectivity index (χ2v) is 19.4. The molecule has 5 atom stereocenters. The number of halogens is 2. The van der Waals surface area contributed by atoms with Crippen LogP contribution in [0.1, 0.15) is 101 Å². The van der Waals surface area contributed by atoms with Crippen molar-refractivity contribution in [3.8, 4) is 5.00 Å². The summed E-state index contributed by atoms with van der Waals surface area (Å²) < 4.78 is 18.8. The van der Waals surface area contributed by atoms with Crippen molar-refractivity contribution in [2.75, 3.05) is 46.1 Å². The van der Waals surface area contributed by atoms with Gasteiger partial charge < -0.3 is 40.0 Å². The molecule has 2 aromatic carbocycles. The first-order chi connectivity index (χ1) is 32.6. The molecule has 0 bridgehead atoms. The normalized spacial score (nSPS) is 17.5. The highest BCUT2D eigenvalue weighted by molar-refractivity contribution is 7.15. The van der Waals surface area contributed by atoms with Crippen LogP contribution in [0.2, 0.25) is 10.0 Å². The molecule has 0 radical (unpaired) electrons. The highest BCUT2D eigenvalue weighted by Gasteiger charge is 2.44. The number of likely N-dealkylation sites (tertiary alicyclic amines) is 1. The van der Waals surface area contributed by atoms with Gasteiger partial charge in [0.05, 0.1) is 62.8 Å². The number of benzene rings is 2. The number of ether oxygens (including phenoxy) is 2. The molecule has 2 aliphatic heterocycles. The van der Waals surface area contributed by atoms with Gasteiger partial charge >= 0.3 is 0 Å². The molecule has 3 aromatic heterocycles. The lowest BCUT2D eigenvalue weighted by Crippen LogP contribution is -2.49. The molecule has 0 saturated carbocycles. The van der Waals surface area contributed by atoms with Crippen molar-refractivity contribution in [2.24, 2.45) is 10.9 Å². The molecule has 4 amide bonds. The number of β-amino-alcohol motifs (C(OH)–C–C–N with tert-alkyl or cyclic N) is 1. The first-order valence-electron chi connectivity index (χ1n) is 22.6. The Morgan fingerprint density at radius 2 is 1.54 bits per heavy atom. The van der Waals surface area contributed by atoms with Gasteiger partial charge in [-0.3, -0.25) is 28.7 Å². The van der Waals surface area contributed by atoms with Gasteiger partial charge in [0.1, 0.15) is 34.6 Å². The second kappa shape index (κ2) is 22.7. The summed E-state index contributed by atoms with van der Waals surface area (Å²) in [4.78, 5) is 62.1. The summed E-state index contributed by atoms with van der Waals surface area (Å²) in [6, 6.07) is 13.7. The number of carbonyl (C=O) groups is 4. The molecule has 0 unspecified atom stereocenters. The van der Waals surface area contributed by atoms with E-state index in [1.54, 1.807) is 48.6 Å². The molecule has 20 heteroatoms. The van der Waals surface area contributed by atoms with Gasteiger partial charge in [0.2, 0.25) is 23.6 Å². The first kappa shape index (κ1) is 50.4. The number of hydrogen-bond donors (Lipinski definition) is 4. The zero-order chi connectivity index (χ0) is 48.6. The molecule has 1 fully saturated rings. The Hall–Kier alpha value is -5.50. The van der Waals surface area contributed by atoms with Crippen molar-refractivity contribution in [3.05, 3.63) is 115 Å². The molecule has 4 N–H and O–H groups in total. The van der Waals surface area contributed by atoms with E-state index in [4.69, 9.17) is 42.2 Å². The molecule has 362 valence electrons. The van der Waals surface area contributed by atoms with Gasteiger partial charge in [-0.25, -0.2) is 0 Å². The summed E-state index contributed by atoms with van der Waals surface area (Å²) in [5.74, 6) is -0.572. The largest absolute Gasteiger partial charge is 0.391 e. The standard InChI is InChI=1S/C48H57Cl2N9O8S/c1-26(2)42(39-21-27(3)57-67-39)47(64)58-25-35(60)22-38(58)46(63)54-36(31-7-11-33(49)12-8-31)23-40(61)51-15-17-65-19-20-66-18-16-52-41(62)24-37-45-56-55-30(6)59(45)48-43(28(4)29(5)68-48)44(53-37)32-9-13-34(50)14-10-32/h7-14,21,26,35-38,42,60H,15-20,22-25H2,1-6H3,(H,51,61)(H,52,62)(H,54,63)/t35-,36+,37+,38+,42-/m1/s1. The number of amides is 4. The van der Waals surface area contributed by atoms with Gasteiger partial charge in [-0.2, -0.15) is 0 Å². The molecule has 0 aliphatic carbocycles. The van der Waals surface area contributed by atoms with Crippen LogP contribution in [-0.4, -0.2) is 117 Å². The fourth-order valence-electron chi connectivity index (χ4n) is 8.45. The van der Waals surface area contributed by atoms with Crippen LogP contribution in [0.15, 0.2) is 64.1 Å². The number of nitrogens with one attached hydrogen (secondary N) is 3. The highest BCUT2D eigenvalue weighted by Crippen LogP contribution is 2.40. The van der Waals surface area contributed by atoms with Crippen molar-refractivity contribution >= 4 is 63.9 Å².